The molecule has 2 aromatic carbocycles. The standard InChI is InChI=1S/C28H29F2N9O4/c1-32-27(41)34-17-10-8-16(9-11-17)33-21(15-37(2)3)24-25(31)38(14-18-19(29)6-5-7-20(18)30)28(42)39(26(24)40)22-12-13-23(43-4)36-35-22/h5-13,31,33H,14-15H2,1-4H3,(H2,32,34,41)/b24-21+,31-25?. The van der Waals surface area contributed by atoms with Crippen molar-refractivity contribution in [1.82, 2.24) is 25.3 Å². The molecule has 13 nitrogen and oxygen atoms in total. The molecule has 0 radical (unpaired) electrons. The Morgan fingerprint density at radius 2 is 1.60 bits per heavy atom. The van der Waals surface area contributed by atoms with Crippen LogP contribution in [0, 0.1) is 17.0 Å². The molecule has 1 aromatic heterocycles. The largest absolute Gasteiger partial charge is 0.480 e. The van der Waals surface area contributed by atoms with E-state index in [1.807, 2.05) is 0 Å². The molecule has 0 bridgehead atoms. The fourth-order valence-electron chi connectivity index (χ4n) is 4.16. The normalized spacial score (nSPS) is 14.6. The van der Waals surface area contributed by atoms with E-state index in [0.29, 0.717) is 16.3 Å². The summed E-state index contributed by atoms with van der Waals surface area (Å²) in [6, 6.07) is 11.0. The summed E-state index contributed by atoms with van der Waals surface area (Å²) >= 11 is 0. The van der Waals surface area contributed by atoms with Crippen LogP contribution in [0.1, 0.15) is 5.56 Å². The first-order chi connectivity index (χ1) is 20.5. The Labute approximate surface area is 245 Å². The van der Waals surface area contributed by atoms with Crippen molar-refractivity contribution in [1.29, 1.82) is 5.41 Å². The van der Waals surface area contributed by atoms with Gasteiger partial charge in [-0.1, -0.05) is 6.07 Å². The predicted octanol–water partition coefficient (Wildman–Crippen LogP) is 3.39. The number of aromatic nitrogens is 2. The highest BCUT2D eigenvalue weighted by Crippen LogP contribution is 2.29. The van der Waals surface area contributed by atoms with Crippen LogP contribution in [0.4, 0.5) is 35.6 Å². The van der Waals surface area contributed by atoms with E-state index in [1.165, 1.54) is 32.4 Å². The van der Waals surface area contributed by atoms with Crippen molar-refractivity contribution in [3.8, 4) is 5.88 Å². The molecule has 0 saturated carbocycles. The number of likely N-dealkylation sites (N-methyl/N-ethyl adjacent to an activating group) is 1. The van der Waals surface area contributed by atoms with Crippen LogP contribution in [0.15, 0.2) is 65.9 Å². The smallest absolute Gasteiger partial charge is 0.338 e. The van der Waals surface area contributed by atoms with Crippen molar-refractivity contribution in [2.75, 3.05) is 50.3 Å². The number of anilines is 3. The van der Waals surface area contributed by atoms with Gasteiger partial charge < -0.3 is 25.6 Å². The van der Waals surface area contributed by atoms with Gasteiger partial charge >= 0.3 is 12.1 Å². The number of rotatable bonds is 9. The summed E-state index contributed by atoms with van der Waals surface area (Å²) < 4.78 is 34.3. The number of carbonyl (C=O) groups is 3. The van der Waals surface area contributed by atoms with Gasteiger partial charge in [0.25, 0.3) is 5.91 Å². The molecule has 0 spiro atoms. The summed E-state index contributed by atoms with van der Waals surface area (Å²) in [5.41, 5.74) is 0.504. The predicted molar refractivity (Wildman–Crippen MR) is 155 cm³/mol. The van der Waals surface area contributed by atoms with Crippen LogP contribution >= 0.6 is 0 Å². The molecule has 2 heterocycles. The van der Waals surface area contributed by atoms with Gasteiger partial charge in [-0.3, -0.25) is 15.1 Å². The van der Waals surface area contributed by atoms with Crippen LogP contribution in [0.2, 0.25) is 0 Å². The van der Waals surface area contributed by atoms with E-state index >= 15 is 0 Å². The summed E-state index contributed by atoms with van der Waals surface area (Å²) in [7, 11) is 6.32. The number of nitrogens with zero attached hydrogens (tertiary/aromatic N) is 5. The molecule has 0 aliphatic carbocycles. The Hall–Kier alpha value is -5.44. The van der Waals surface area contributed by atoms with Gasteiger partial charge in [0.2, 0.25) is 5.88 Å². The molecule has 224 valence electrons. The Morgan fingerprint density at radius 3 is 2.14 bits per heavy atom. The van der Waals surface area contributed by atoms with E-state index in [1.54, 1.807) is 43.3 Å². The van der Waals surface area contributed by atoms with Crippen molar-refractivity contribution >= 4 is 41.0 Å². The number of benzene rings is 2. The molecule has 15 heteroatoms. The number of ether oxygens (including phenoxy) is 1. The van der Waals surface area contributed by atoms with Gasteiger partial charge in [-0.15, -0.1) is 10.2 Å². The number of hydrogen-bond acceptors (Lipinski definition) is 9. The van der Waals surface area contributed by atoms with Gasteiger partial charge in [0, 0.05) is 42.3 Å². The number of amides is 5. The average molecular weight is 594 g/mol. The molecular formula is C28H29F2N9O4. The zero-order valence-electron chi connectivity index (χ0n) is 23.7. The molecule has 0 unspecified atom stereocenters. The lowest BCUT2D eigenvalue weighted by Crippen LogP contribution is -2.57. The first kappa shape index (κ1) is 30.5. The monoisotopic (exact) mass is 593 g/mol. The van der Waals surface area contributed by atoms with Crippen LogP contribution in [-0.4, -0.2) is 78.6 Å². The molecule has 4 N–H and O–H groups in total. The van der Waals surface area contributed by atoms with Crippen molar-refractivity contribution in [3.05, 3.63) is 83.1 Å². The minimum Gasteiger partial charge on any atom is -0.480 e. The van der Waals surface area contributed by atoms with Crippen LogP contribution in [0.25, 0.3) is 0 Å². The summed E-state index contributed by atoms with van der Waals surface area (Å²) in [4.78, 5) is 42.5. The highest BCUT2D eigenvalue weighted by Gasteiger charge is 2.43. The lowest BCUT2D eigenvalue weighted by Gasteiger charge is -2.36. The molecule has 3 aromatic rings. The summed E-state index contributed by atoms with van der Waals surface area (Å²) in [6.07, 6.45) is 0. The minimum absolute atomic E-state index is 0.0971. The van der Waals surface area contributed by atoms with E-state index in [0.717, 1.165) is 17.0 Å². The SMILES string of the molecule is CNC(=O)Nc1ccc(N/C(CN(C)C)=C2\C(=N)N(Cc3c(F)cccc3F)C(=O)N(c3ccc(OC)nn3)C2=O)cc1. The van der Waals surface area contributed by atoms with Crippen molar-refractivity contribution in [2.24, 2.45) is 0 Å². The summed E-state index contributed by atoms with van der Waals surface area (Å²) in [6.45, 7) is -0.581. The van der Waals surface area contributed by atoms with Crippen LogP contribution in [-0.2, 0) is 11.3 Å². The number of halogens is 2. The van der Waals surface area contributed by atoms with Gasteiger partial charge in [-0.2, -0.15) is 0 Å². The summed E-state index contributed by atoms with van der Waals surface area (Å²) in [5, 5.41) is 24.9. The maximum Gasteiger partial charge on any atom is 0.338 e. The molecule has 4 rings (SSSR count). The third kappa shape index (κ3) is 6.73. The second-order valence-corrected chi connectivity index (χ2v) is 9.49. The molecule has 1 aliphatic heterocycles. The maximum atomic E-state index is 14.7. The van der Waals surface area contributed by atoms with Crippen molar-refractivity contribution < 1.29 is 27.9 Å². The molecule has 1 aliphatic rings. The second kappa shape index (κ2) is 13.0. The van der Waals surface area contributed by atoms with Gasteiger partial charge in [-0.25, -0.2) is 23.3 Å². The van der Waals surface area contributed by atoms with Gasteiger partial charge in [0.1, 0.15) is 23.0 Å². The van der Waals surface area contributed by atoms with E-state index in [-0.39, 0.29) is 29.5 Å². The Balaban J connectivity index is 1.82. The molecule has 0 atom stereocenters. The first-order valence-corrected chi connectivity index (χ1v) is 12.8. The zero-order chi connectivity index (χ0) is 31.3. The topological polar surface area (TPSA) is 156 Å². The van der Waals surface area contributed by atoms with Crippen LogP contribution in [0.3, 0.4) is 0 Å². The molecule has 1 saturated heterocycles. The van der Waals surface area contributed by atoms with Crippen LogP contribution in [0.5, 0.6) is 5.88 Å². The number of methoxy groups -OCH3 is 1. The highest BCUT2D eigenvalue weighted by atomic mass is 19.1. The number of amidine groups is 1. The van der Waals surface area contributed by atoms with E-state index in [9.17, 15) is 23.2 Å². The van der Waals surface area contributed by atoms with Crippen LogP contribution < -0.4 is 25.6 Å². The molecule has 5 amide bonds. The lowest BCUT2D eigenvalue weighted by atomic mass is 10.0. The Bertz CT molecular complexity index is 1560. The lowest BCUT2D eigenvalue weighted by molar-refractivity contribution is -0.114. The second-order valence-electron chi connectivity index (χ2n) is 9.49. The minimum atomic E-state index is -1.05. The number of imide groups is 1. The fourth-order valence-corrected chi connectivity index (χ4v) is 4.16. The molecule has 43 heavy (non-hydrogen) atoms. The van der Waals surface area contributed by atoms with E-state index in [2.05, 4.69) is 26.1 Å². The first-order valence-electron chi connectivity index (χ1n) is 12.8. The number of carbonyl (C=O) groups excluding carboxylic acids is 3. The summed E-state index contributed by atoms with van der Waals surface area (Å²) in [5.74, 6) is -3.38. The Morgan fingerprint density at radius 1 is 0.977 bits per heavy atom. The van der Waals surface area contributed by atoms with Gasteiger partial charge in [0.05, 0.1) is 13.7 Å². The Kier molecular flexibility index (Phi) is 9.25. The van der Waals surface area contributed by atoms with Crippen molar-refractivity contribution in [2.45, 2.75) is 6.54 Å². The van der Waals surface area contributed by atoms with E-state index < -0.39 is 47.5 Å². The molecule has 1 fully saturated rings. The van der Waals surface area contributed by atoms with Gasteiger partial charge in [-0.05, 0) is 56.6 Å². The number of hydrogen-bond donors (Lipinski definition) is 4. The molecular weight excluding hydrogens is 564 g/mol. The average Bonchev–Trinajstić information content (AvgIpc) is 2.97. The highest BCUT2D eigenvalue weighted by molar-refractivity contribution is 6.38. The number of urea groups is 2. The number of nitrogens with one attached hydrogen (secondary N) is 4. The van der Waals surface area contributed by atoms with E-state index in [4.69, 9.17) is 10.1 Å². The maximum absolute atomic E-state index is 14.7. The fraction of sp³-hybridized carbons (Fsp3) is 0.214. The third-order valence-corrected chi connectivity index (χ3v) is 6.23. The van der Waals surface area contributed by atoms with Gasteiger partial charge in [0.15, 0.2) is 5.82 Å². The third-order valence-electron chi connectivity index (χ3n) is 6.23. The zero-order valence-corrected chi connectivity index (χ0v) is 23.7. The van der Waals surface area contributed by atoms with Crippen molar-refractivity contribution in [3.63, 3.8) is 0 Å². The quantitative estimate of drug-likeness (QED) is 0.275.